The maximum absolute atomic E-state index is 11.3. The van der Waals surface area contributed by atoms with Crippen molar-refractivity contribution in [2.45, 2.75) is 128 Å². The molecule has 26 heavy (non-hydrogen) atoms. The molecular weight excluding hydrogens is 375 g/mol. The van der Waals surface area contributed by atoms with E-state index in [0.717, 1.165) is 25.7 Å². The summed E-state index contributed by atoms with van der Waals surface area (Å²) in [6.45, 7) is 4.21. The summed E-state index contributed by atoms with van der Waals surface area (Å²) in [4.78, 5) is 0. The Morgan fingerprint density at radius 3 is 1.58 bits per heavy atom. The van der Waals surface area contributed by atoms with Crippen molar-refractivity contribution in [1.82, 2.24) is 0 Å². The van der Waals surface area contributed by atoms with Gasteiger partial charge in [0.15, 0.2) is 0 Å². The molecule has 0 saturated carbocycles. The number of rotatable bonds is 18. The Labute approximate surface area is 205 Å². The summed E-state index contributed by atoms with van der Waals surface area (Å²) in [5, 5.41) is 9.10. The van der Waals surface area contributed by atoms with Gasteiger partial charge in [-0.2, -0.15) is 0 Å². The molecule has 0 aliphatic heterocycles. The van der Waals surface area contributed by atoms with Crippen LogP contribution in [0.1, 0.15) is 117 Å². The molecule has 4 nitrogen and oxygen atoms in total. The second-order valence-corrected chi connectivity index (χ2v) is 9.12. The summed E-state index contributed by atoms with van der Waals surface area (Å²) < 4.78 is 33.8. The molecule has 152 valence electrons. The van der Waals surface area contributed by atoms with Gasteiger partial charge in [0, 0.05) is 0 Å². The molecule has 0 spiro atoms. The Bertz CT molecular complexity index is 387. The number of aliphatic hydroxyl groups excluding tert-OH is 1. The van der Waals surface area contributed by atoms with Crippen LogP contribution in [0.4, 0.5) is 0 Å². The van der Waals surface area contributed by atoms with Crippen molar-refractivity contribution in [3.05, 3.63) is 0 Å². The minimum Gasteiger partial charge on any atom is -0.748 e. The third kappa shape index (κ3) is 18.9. The van der Waals surface area contributed by atoms with Crippen molar-refractivity contribution in [1.29, 1.82) is 0 Å². The average molecular weight is 417 g/mol. The van der Waals surface area contributed by atoms with E-state index in [9.17, 15) is 18.1 Å². The Kier molecular flexibility index (Phi) is 22.6. The second-order valence-electron chi connectivity index (χ2n) is 7.47. The van der Waals surface area contributed by atoms with E-state index in [4.69, 9.17) is 0 Å². The average Bonchev–Trinajstić information content (AvgIpc) is 2.55. The fraction of sp³-hybridized carbons (Fsp3) is 1.00. The molecule has 0 rings (SSSR count). The molecular formula is C20H41KO4S. The molecule has 2 atom stereocenters. The summed E-state index contributed by atoms with van der Waals surface area (Å²) in [5.41, 5.74) is 0. The molecule has 0 saturated heterocycles. The van der Waals surface area contributed by atoms with Gasteiger partial charge in [-0.1, -0.05) is 97.3 Å². The molecule has 6 heteroatoms. The van der Waals surface area contributed by atoms with Crippen LogP contribution in [0.3, 0.4) is 0 Å². The minimum atomic E-state index is -4.30. The summed E-state index contributed by atoms with van der Waals surface area (Å²) >= 11 is 0. The third-order valence-corrected chi connectivity index (χ3v) is 6.21. The summed E-state index contributed by atoms with van der Waals surface area (Å²) in [6.07, 6.45) is 15.8. The van der Waals surface area contributed by atoms with Gasteiger partial charge in [-0.05, 0) is 19.3 Å². The van der Waals surface area contributed by atoms with Crippen LogP contribution in [0.2, 0.25) is 0 Å². The monoisotopic (exact) mass is 416 g/mol. The number of unbranched alkanes of at least 4 members (excludes halogenated alkanes) is 11. The molecule has 1 N–H and O–H groups in total. The van der Waals surface area contributed by atoms with E-state index in [-0.39, 0.29) is 57.8 Å². The van der Waals surface area contributed by atoms with E-state index in [0.29, 0.717) is 12.8 Å². The van der Waals surface area contributed by atoms with Gasteiger partial charge in [0.05, 0.1) is 21.5 Å². The van der Waals surface area contributed by atoms with Gasteiger partial charge in [0.1, 0.15) is 0 Å². The first-order valence-corrected chi connectivity index (χ1v) is 12.0. The topological polar surface area (TPSA) is 77.4 Å². The third-order valence-electron chi connectivity index (χ3n) is 4.96. The second kappa shape index (κ2) is 19.8. The fourth-order valence-electron chi connectivity index (χ4n) is 3.28. The van der Waals surface area contributed by atoms with Crippen molar-refractivity contribution in [3.8, 4) is 0 Å². The van der Waals surface area contributed by atoms with Gasteiger partial charge in [0.2, 0.25) is 0 Å². The van der Waals surface area contributed by atoms with E-state index in [1.165, 1.54) is 57.8 Å². The largest absolute Gasteiger partial charge is 1.00 e. The van der Waals surface area contributed by atoms with Crippen molar-refractivity contribution in [2.24, 2.45) is 0 Å². The van der Waals surface area contributed by atoms with Crippen molar-refractivity contribution in [2.75, 3.05) is 0 Å². The van der Waals surface area contributed by atoms with Crippen LogP contribution in [0.25, 0.3) is 0 Å². The van der Waals surface area contributed by atoms with Crippen LogP contribution in [-0.2, 0) is 10.1 Å². The van der Waals surface area contributed by atoms with Crippen LogP contribution < -0.4 is 51.4 Å². The normalized spacial score (nSPS) is 14.0. The zero-order chi connectivity index (χ0) is 19.0. The predicted molar refractivity (Wildman–Crippen MR) is 105 cm³/mol. The number of aliphatic hydroxyl groups is 1. The smallest absolute Gasteiger partial charge is 0.748 e. The molecule has 0 aromatic rings. The molecule has 0 bridgehead atoms. The first-order chi connectivity index (χ1) is 11.9. The van der Waals surface area contributed by atoms with Gasteiger partial charge < -0.3 is 9.66 Å². The van der Waals surface area contributed by atoms with E-state index in [1.807, 2.05) is 6.92 Å². The summed E-state index contributed by atoms with van der Waals surface area (Å²) in [7, 11) is -4.30. The number of hydrogen-bond acceptors (Lipinski definition) is 4. The zero-order valence-corrected chi connectivity index (χ0v) is 21.5. The summed E-state index contributed by atoms with van der Waals surface area (Å²) in [6, 6.07) is 0. The van der Waals surface area contributed by atoms with Gasteiger partial charge in [-0.3, -0.25) is 0 Å². The van der Waals surface area contributed by atoms with Gasteiger partial charge >= 0.3 is 51.4 Å². The molecule has 0 aromatic carbocycles. The number of hydrogen-bond donors (Lipinski definition) is 1. The quantitative estimate of drug-likeness (QED) is 0.212. The summed E-state index contributed by atoms with van der Waals surface area (Å²) in [5.74, 6) is 0. The van der Waals surface area contributed by atoms with E-state index < -0.39 is 21.5 Å². The van der Waals surface area contributed by atoms with Crippen molar-refractivity contribution in [3.63, 3.8) is 0 Å². The van der Waals surface area contributed by atoms with Crippen molar-refractivity contribution < 1.29 is 69.5 Å². The maximum atomic E-state index is 11.3. The Morgan fingerprint density at radius 2 is 1.15 bits per heavy atom. The van der Waals surface area contributed by atoms with E-state index >= 15 is 0 Å². The Hall–Kier alpha value is 1.51. The van der Waals surface area contributed by atoms with Crippen molar-refractivity contribution >= 4 is 10.1 Å². The molecule has 0 amide bonds. The molecule has 2 unspecified atom stereocenters. The van der Waals surface area contributed by atoms with Crippen LogP contribution in [0, 0.1) is 0 Å². The molecule has 0 aliphatic carbocycles. The molecule has 0 fully saturated rings. The first kappa shape index (κ1) is 29.7. The fourth-order valence-corrected chi connectivity index (χ4v) is 4.19. The van der Waals surface area contributed by atoms with Gasteiger partial charge in [0.25, 0.3) is 0 Å². The SMILES string of the molecule is CCCCCCCCCCCCCC(O)CC(CCCC)S(=O)(=O)[O-].[K+]. The van der Waals surface area contributed by atoms with Crippen LogP contribution >= 0.6 is 0 Å². The van der Waals surface area contributed by atoms with E-state index in [2.05, 4.69) is 6.92 Å². The molecule has 0 heterocycles. The molecule has 0 aromatic heterocycles. The van der Waals surface area contributed by atoms with Crippen LogP contribution in [0.5, 0.6) is 0 Å². The van der Waals surface area contributed by atoms with Crippen LogP contribution in [-0.4, -0.2) is 29.4 Å². The minimum absolute atomic E-state index is 0. The predicted octanol–water partition coefficient (Wildman–Crippen LogP) is 2.55. The Balaban J connectivity index is 0. The first-order valence-electron chi connectivity index (χ1n) is 10.5. The standard InChI is InChI=1S/C20H42O4S.K/c1-3-5-7-8-9-10-11-12-13-14-15-16-19(21)18-20(17-6-4-2)25(22,23)24;/h19-21H,3-18H2,1-2H3,(H,22,23,24);/q;+1/p-1. The van der Waals surface area contributed by atoms with Crippen LogP contribution in [0.15, 0.2) is 0 Å². The zero-order valence-electron chi connectivity index (χ0n) is 17.5. The molecule has 0 aliphatic rings. The molecule has 0 radical (unpaired) electrons. The van der Waals surface area contributed by atoms with Gasteiger partial charge in [-0.15, -0.1) is 0 Å². The van der Waals surface area contributed by atoms with E-state index in [1.54, 1.807) is 0 Å². The van der Waals surface area contributed by atoms with Gasteiger partial charge in [-0.25, -0.2) is 8.42 Å². The Morgan fingerprint density at radius 1 is 0.731 bits per heavy atom. The maximum Gasteiger partial charge on any atom is 1.00 e.